The van der Waals surface area contributed by atoms with Gasteiger partial charge in [0.2, 0.25) is 0 Å². The first-order valence-corrected chi connectivity index (χ1v) is 6.84. The minimum absolute atomic E-state index is 0.692. The number of hydrogen-bond acceptors (Lipinski definition) is 0. The van der Waals surface area contributed by atoms with E-state index in [2.05, 4.69) is 29.8 Å². The molecule has 0 radical (unpaired) electrons. The first-order chi connectivity index (χ1) is 6.16. The fraction of sp³-hybridized carbons (Fsp3) is 1.00. The Morgan fingerprint density at radius 3 is 2.54 bits per heavy atom. The van der Waals surface area contributed by atoms with Gasteiger partial charge in [-0.1, -0.05) is 36.2 Å². The smallest absolute Gasteiger partial charge is 0.00908 e. The number of rotatable bonds is 3. The third-order valence-corrected chi connectivity index (χ3v) is 5.30. The zero-order valence-electron chi connectivity index (χ0n) is 8.85. The third-order valence-electron chi connectivity index (χ3n) is 4.18. The Labute approximate surface area is 90.6 Å². The predicted octanol–water partition coefficient (Wildman–Crippen LogP) is 4.23. The van der Waals surface area contributed by atoms with Gasteiger partial charge in [-0.2, -0.15) is 0 Å². The van der Waals surface area contributed by atoms with E-state index in [-0.39, 0.29) is 0 Å². The van der Waals surface area contributed by atoms with Gasteiger partial charge in [0.25, 0.3) is 0 Å². The first kappa shape index (κ1) is 10.0. The molecule has 0 spiro atoms. The molecule has 2 fully saturated rings. The Balaban J connectivity index is 2.08. The quantitative estimate of drug-likeness (QED) is 0.652. The second-order valence-electron chi connectivity index (χ2n) is 5.67. The van der Waals surface area contributed by atoms with E-state index in [1.54, 1.807) is 6.42 Å². The van der Waals surface area contributed by atoms with Crippen molar-refractivity contribution in [2.24, 2.45) is 23.2 Å². The Morgan fingerprint density at radius 1 is 1.38 bits per heavy atom. The maximum Gasteiger partial charge on any atom is 0.00908 e. The zero-order valence-corrected chi connectivity index (χ0v) is 10.4. The van der Waals surface area contributed by atoms with Crippen LogP contribution < -0.4 is 0 Å². The fourth-order valence-electron chi connectivity index (χ4n) is 3.84. The standard InChI is InChI=1S/C12H21Br/c1-9(2)6-12(8-13)7-10-3-4-11(12)5-10/h9-11H,3-8H2,1-2H3. The Hall–Kier alpha value is 0.480. The van der Waals surface area contributed by atoms with Crippen molar-refractivity contribution >= 4 is 15.9 Å². The molecular formula is C12H21Br. The monoisotopic (exact) mass is 244 g/mol. The molecule has 2 bridgehead atoms. The minimum atomic E-state index is 0.692. The van der Waals surface area contributed by atoms with E-state index in [0.29, 0.717) is 5.41 Å². The molecule has 2 rings (SSSR count). The SMILES string of the molecule is CC(C)CC1(CBr)CC2CCC1C2. The molecule has 13 heavy (non-hydrogen) atoms. The lowest BCUT2D eigenvalue weighted by molar-refractivity contribution is 0.159. The lowest BCUT2D eigenvalue weighted by Crippen LogP contribution is -2.31. The van der Waals surface area contributed by atoms with E-state index >= 15 is 0 Å². The maximum absolute atomic E-state index is 3.76. The summed E-state index contributed by atoms with van der Waals surface area (Å²) in [4.78, 5) is 0. The van der Waals surface area contributed by atoms with Crippen LogP contribution >= 0.6 is 15.9 Å². The van der Waals surface area contributed by atoms with Crippen molar-refractivity contribution in [3.63, 3.8) is 0 Å². The van der Waals surface area contributed by atoms with E-state index in [1.807, 2.05) is 0 Å². The molecule has 3 atom stereocenters. The van der Waals surface area contributed by atoms with Crippen molar-refractivity contribution in [3.8, 4) is 0 Å². The molecule has 0 aromatic rings. The highest BCUT2D eigenvalue weighted by atomic mass is 79.9. The Morgan fingerprint density at radius 2 is 2.15 bits per heavy atom. The van der Waals surface area contributed by atoms with Gasteiger partial charge in [-0.15, -0.1) is 0 Å². The van der Waals surface area contributed by atoms with Crippen molar-refractivity contribution in [1.29, 1.82) is 0 Å². The van der Waals surface area contributed by atoms with Crippen LogP contribution in [-0.4, -0.2) is 5.33 Å². The summed E-state index contributed by atoms with van der Waals surface area (Å²) < 4.78 is 0. The Kier molecular flexibility index (Phi) is 2.75. The van der Waals surface area contributed by atoms with Crippen LogP contribution in [0.5, 0.6) is 0 Å². The van der Waals surface area contributed by atoms with Gasteiger partial charge in [-0.3, -0.25) is 0 Å². The van der Waals surface area contributed by atoms with Gasteiger partial charge in [-0.05, 0) is 48.9 Å². The van der Waals surface area contributed by atoms with Crippen LogP contribution in [0.2, 0.25) is 0 Å². The molecule has 0 aromatic heterocycles. The maximum atomic E-state index is 3.76. The van der Waals surface area contributed by atoms with Crippen LogP contribution in [0.15, 0.2) is 0 Å². The highest BCUT2D eigenvalue weighted by molar-refractivity contribution is 9.09. The van der Waals surface area contributed by atoms with E-state index in [0.717, 1.165) is 17.8 Å². The summed E-state index contributed by atoms with van der Waals surface area (Å²) in [6, 6.07) is 0. The summed E-state index contributed by atoms with van der Waals surface area (Å²) in [7, 11) is 0. The average Bonchev–Trinajstić information content (AvgIpc) is 2.62. The second kappa shape index (κ2) is 3.56. The topological polar surface area (TPSA) is 0 Å². The van der Waals surface area contributed by atoms with E-state index in [9.17, 15) is 0 Å². The van der Waals surface area contributed by atoms with E-state index in [1.165, 1.54) is 31.0 Å². The van der Waals surface area contributed by atoms with Gasteiger partial charge >= 0.3 is 0 Å². The molecule has 3 unspecified atom stereocenters. The molecule has 0 aliphatic heterocycles. The molecule has 1 heteroatoms. The molecule has 0 N–H and O–H groups in total. The van der Waals surface area contributed by atoms with Crippen molar-refractivity contribution in [3.05, 3.63) is 0 Å². The van der Waals surface area contributed by atoms with Gasteiger partial charge in [-0.25, -0.2) is 0 Å². The van der Waals surface area contributed by atoms with E-state index in [4.69, 9.17) is 0 Å². The molecule has 0 aromatic carbocycles. The summed E-state index contributed by atoms with van der Waals surface area (Å²) in [6.07, 6.45) is 7.54. The highest BCUT2D eigenvalue weighted by Crippen LogP contribution is 2.59. The van der Waals surface area contributed by atoms with Crippen LogP contribution in [0.3, 0.4) is 0 Å². The third kappa shape index (κ3) is 1.69. The van der Waals surface area contributed by atoms with Crippen molar-refractivity contribution < 1.29 is 0 Å². The molecule has 76 valence electrons. The largest absolute Gasteiger partial charge is 0.0922 e. The van der Waals surface area contributed by atoms with Crippen molar-refractivity contribution in [1.82, 2.24) is 0 Å². The number of halogens is 1. The Bertz CT molecular complexity index is 188. The summed E-state index contributed by atoms with van der Waals surface area (Å²) >= 11 is 3.76. The lowest BCUT2D eigenvalue weighted by Gasteiger charge is -2.37. The fourth-order valence-corrected chi connectivity index (χ4v) is 4.76. The van der Waals surface area contributed by atoms with Crippen LogP contribution in [0.1, 0.15) is 46.0 Å². The second-order valence-corrected chi connectivity index (χ2v) is 6.23. The predicted molar refractivity (Wildman–Crippen MR) is 61.1 cm³/mol. The number of fused-ring (bicyclic) bond motifs is 2. The van der Waals surface area contributed by atoms with Crippen LogP contribution in [0.25, 0.3) is 0 Å². The van der Waals surface area contributed by atoms with Gasteiger partial charge in [0, 0.05) is 5.33 Å². The van der Waals surface area contributed by atoms with Gasteiger partial charge < -0.3 is 0 Å². The molecule has 0 saturated heterocycles. The van der Waals surface area contributed by atoms with Gasteiger partial charge in [0.05, 0.1) is 0 Å². The zero-order chi connectivity index (χ0) is 9.47. The normalized spacial score (nSPS) is 43.4. The van der Waals surface area contributed by atoms with Gasteiger partial charge in [0.1, 0.15) is 0 Å². The van der Waals surface area contributed by atoms with E-state index < -0.39 is 0 Å². The molecule has 2 saturated carbocycles. The molecule has 0 nitrogen and oxygen atoms in total. The number of alkyl halides is 1. The average molecular weight is 245 g/mol. The molecule has 0 heterocycles. The van der Waals surface area contributed by atoms with Gasteiger partial charge in [0.15, 0.2) is 0 Å². The van der Waals surface area contributed by atoms with Crippen molar-refractivity contribution in [2.75, 3.05) is 5.33 Å². The molecule has 0 amide bonds. The minimum Gasteiger partial charge on any atom is -0.0922 e. The van der Waals surface area contributed by atoms with Crippen LogP contribution in [0, 0.1) is 23.2 Å². The summed E-state index contributed by atoms with van der Waals surface area (Å²) in [5, 5.41) is 1.25. The number of hydrogen-bond donors (Lipinski definition) is 0. The highest BCUT2D eigenvalue weighted by Gasteiger charge is 2.49. The molecular weight excluding hydrogens is 224 g/mol. The van der Waals surface area contributed by atoms with Crippen LogP contribution in [-0.2, 0) is 0 Å². The van der Waals surface area contributed by atoms with Crippen LogP contribution in [0.4, 0.5) is 0 Å². The van der Waals surface area contributed by atoms with Crippen molar-refractivity contribution in [2.45, 2.75) is 46.0 Å². The first-order valence-electron chi connectivity index (χ1n) is 5.72. The molecule has 2 aliphatic carbocycles. The molecule has 2 aliphatic rings. The summed E-state index contributed by atoms with van der Waals surface area (Å²) in [6.45, 7) is 4.74. The lowest BCUT2D eigenvalue weighted by atomic mass is 9.70. The summed E-state index contributed by atoms with van der Waals surface area (Å²) in [5.74, 6) is 3.01. The summed E-state index contributed by atoms with van der Waals surface area (Å²) in [5.41, 5.74) is 0.692.